The van der Waals surface area contributed by atoms with E-state index >= 15 is 0 Å². The lowest BCUT2D eigenvalue weighted by molar-refractivity contribution is -0.129. The number of carbonyl (C=O) groups excluding carboxylic acids is 2. The summed E-state index contributed by atoms with van der Waals surface area (Å²) in [6.45, 7) is 10.3. The summed E-state index contributed by atoms with van der Waals surface area (Å²) in [7, 11) is 0. The maximum atomic E-state index is 14.4. The number of aryl methyl sites for hydroxylation is 3. The first-order valence-corrected chi connectivity index (χ1v) is 14.9. The van der Waals surface area contributed by atoms with Crippen LogP contribution in [-0.4, -0.2) is 33.7 Å². The molecule has 2 aromatic carbocycles. The molecule has 0 saturated heterocycles. The number of halogens is 1. The number of thiophene rings is 1. The molecule has 0 radical (unpaired) electrons. The molecular formula is C32H36FN3O6S. The average Bonchev–Trinajstić information content (AvgIpc) is 3.30. The van der Waals surface area contributed by atoms with Gasteiger partial charge in [-0.15, -0.1) is 11.3 Å². The molecule has 9 nitrogen and oxygen atoms in total. The number of amides is 1. The highest BCUT2D eigenvalue weighted by Gasteiger charge is 2.36. The summed E-state index contributed by atoms with van der Waals surface area (Å²) in [6, 6.07) is 13.5. The van der Waals surface area contributed by atoms with Gasteiger partial charge >= 0.3 is 11.7 Å². The normalized spacial score (nSPS) is 11.6. The SMILES string of the molecule is CCOC(=O)c1sc2c(c1C)c(=O)n(C(C)(C)C(=O)NC(C)C)c(=O)n2CCc1cc(F)ccc1OCc1ccccc1. The number of aromatic nitrogens is 2. The van der Waals surface area contributed by atoms with E-state index < -0.39 is 34.5 Å². The minimum atomic E-state index is -1.56. The topological polar surface area (TPSA) is 109 Å². The number of fused-ring (bicyclic) bond motifs is 1. The summed E-state index contributed by atoms with van der Waals surface area (Å²) >= 11 is 0.985. The highest BCUT2D eigenvalue weighted by atomic mass is 32.1. The molecule has 0 fully saturated rings. The van der Waals surface area contributed by atoms with E-state index in [0.29, 0.717) is 16.9 Å². The van der Waals surface area contributed by atoms with Crippen LogP contribution in [0.4, 0.5) is 4.39 Å². The molecule has 0 aliphatic rings. The van der Waals surface area contributed by atoms with Crippen molar-refractivity contribution in [2.24, 2.45) is 0 Å². The highest BCUT2D eigenvalue weighted by Crippen LogP contribution is 2.30. The Morgan fingerprint density at radius 3 is 2.44 bits per heavy atom. The Balaban J connectivity index is 1.84. The predicted octanol–water partition coefficient (Wildman–Crippen LogP) is 4.93. The first-order valence-electron chi connectivity index (χ1n) is 14.1. The number of carbonyl (C=O) groups is 2. The maximum Gasteiger partial charge on any atom is 0.348 e. The Kier molecular flexibility index (Phi) is 9.54. The molecule has 11 heteroatoms. The molecule has 1 amide bonds. The van der Waals surface area contributed by atoms with Gasteiger partial charge in [0.1, 0.15) is 33.4 Å². The third-order valence-corrected chi connectivity index (χ3v) is 8.37. The van der Waals surface area contributed by atoms with Gasteiger partial charge in [-0.2, -0.15) is 0 Å². The lowest BCUT2D eigenvalue weighted by Crippen LogP contribution is -2.56. The van der Waals surface area contributed by atoms with E-state index in [1.54, 1.807) is 33.8 Å². The van der Waals surface area contributed by atoms with Gasteiger partial charge < -0.3 is 14.8 Å². The van der Waals surface area contributed by atoms with E-state index in [4.69, 9.17) is 9.47 Å². The largest absolute Gasteiger partial charge is 0.489 e. The van der Waals surface area contributed by atoms with E-state index in [1.165, 1.54) is 30.5 Å². The Bertz CT molecular complexity index is 1770. The zero-order valence-corrected chi connectivity index (χ0v) is 26.0. The van der Waals surface area contributed by atoms with Crippen LogP contribution in [0.15, 0.2) is 58.1 Å². The number of benzene rings is 2. The van der Waals surface area contributed by atoms with Gasteiger partial charge in [-0.05, 0) is 82.9 Å². The monoisotopic (exact) mass is 609 g/mol. The van der Waals surface area contributed by atoms with Gasteiger partial charge in [-0.25, -0.2) is 18.5 Å². The molecule has 43 heavy (non-hydrogen) atoms. The van der Waals surface area contributed by atoms with E-state index in [0.717, 1.165) is 21.5 Å². The molecule has 228 valence electrons. The van der Waals surface area contributed by atoms with Gasteiger partial charge in [-0.1, -0.05) is 30.3 Å². The van der Waals surface area contributed by atoms with Crippen molar-refractivity contribution in [3.05, 3.63) is 96.8 Å². The smallest absolute Gasteiger partial charge is 0.348 e. The molecule has 0 saturated carbocycles. The average molecular weight is 610 g/mol. The number of nitrogens with one attached hydrogen (secondary N) is 1. The third kappa shape index (κ3) is 6.56. The second kappa shape index (κ2) is 12.9. The van der Waals surface area contributed by atoms with Crippen molar-refractivity contribution in [2.45, 2.75) is 72.7 Å². The summed E-state index contributed by atoms with van der Waals surface area (Å²) in [5.74, 6) is -1.13. The minimum absolute atomic E-state index is 0.0187. The van der Waals surface area contributed by atoms with Crippen LogP contribution >= 0.6 is 11.3 Å². The van der Waals surface area contributed by atoms with Gasteiger partial charge in [-0.3, -0.25) is 14.2 Å². The van der Waals surface area contributed by atoms with Crippen LogP contribution in [0.2, 0.25) is 0 Å². The summed E-state index contributed by atoms with van der Waals surface area (Å²) in [5, 5.41) is 2.93. The van der Waals surface area contributed by atoms with Gasteiger partial charge in [0.15, 0.2) is 0 Å². The predicted molar refractivity (Wildman–Crippen MR) is 165 cm³/mol. The Morgan fingerprint density at radius 2 is 1.79 bits per heavy atom. The molecule has 4 rings (SSSR count). The molecule has 1 N–H and O–H groups in total. The van der Waals surface area contributed by atoms with E-state index in [2.05, 4.69) is 5.32 Å². The zero-order chi connectivity index (χ0) is 31.5. The van der Waals surface area contributed by atoms with Crippen molar-refractivity contribution in [1.29, 1.82) is 0 Å². The fourth-order valence-corrected chi connectivity index (χ4v) is 6.03. The Labute approximate surface area is 252 Å². The quantitative estimate of drug-likeness (QED) is 0.242. The Hall–Kier alpha value is -4.25. The molecule has 2 aromatic heterocycles. The van der Waals surface area contributed by atoms with Gasteiger partial charge in [0.25, 0.3) is 5.56 Å². The van der Waals surface area contributed by atoms with Crippen LogP contribution in [0.5, 0.6) is 5.75 Å². The minimum Gasteiger partial charge on any atom is -0.489 e. The molecule has 4 aromatic rings. The second-order valence-corrected chi connectivity index (χ2v) is 12.0. The first-order chi connectivity index (χ1) is 20.4. The molecule has 2 heterocycles. The first kappa shape index (κ1) is 31.7. The molecule has 0 bridgehead atoms. The van der Waals surface area contributed by atoms with Crippen molar-refractivity contribution < 1.29 is 23.5 Å². The molecule has 0 aliphatic carbocycles. The van der Waals surface area contributed by atoms with Crippen molar-refractivity contribution >= 4 is 33.4 Å². The lowest BCUT2D eigenvalue weighted by Gasteiger charge is -2.27. The summed E-state index contributed by atoms with van der Waals surface area (Å²) in [6.07, 6.45) is 0.166. The highest BCUT2D eigenvalue weighted by molar-refractivity contribution is 7.20. The van der Waals surface area contributed by atoms with Crippen LogP contribution in [0.1, 0.15) is 61.0 Å². The maximum absolute atomic E-state index is 14.4. The van der Waals surface area contributed by atoms with Gasteiger partial charge in [0.2, 0.25) is 5.91 Å². The van der Waals surface area contributed by atoms with Gasteiger partial charge in [0, 0.05) is 12.6 Å². The van der Waals surface area contributed by atoms with Crippen LogP contribution in [0.3, 0.4) is 0 Å². The fourth-order valence-electron chi connectivity index (χ4n) is 4.82. The second-order valence-electron chi connectivity index (χ2n) is 11.0. The lowest BCUT2D eigenvalue weighted by atomic mass is 10.0. The Morgan fingerprint density at radius 1 is 1.09 bits per heavy atom. The summed E-state index contributed by atoms with van der Waals surface area (Å²) in [5.41, 5.74) is -1.14. The number of nitrogens with zero attached hydrogens (tertiary/aromatic N) is 2. The molecule has 0 atom stereocenters. The van der Waals surface area contributed by atoms with E-state index in [-0.39, 0.29) is 47.3 Å². The number of hydrogen-bond acceptors (Lipinski definition) is 7. The van der Waals surface area contributed by atoms with Crippen LogP contribution in [-0.2, 0) is 34.6 Å². The number of hydrogen-bond donors (Lipinski definition) is 1. The van der Waals surface area contributed by atoms with Crippen LogP contribution < -0.4 is 21.3 Å². The van der Waals surface area contributed by atoms with Crippen molar-refractivity contribution in [1.82, 2.24) is 14.5 Å². The van der Waals surface area contributed by atoms with Crippen LogP contribution in [0.25, 0.3) is 10.2 Å². The van der Waals surface area contributed by atoms with E-state index in [9.17, 15) is 23.6 Å². The molecular weight excluding hydrogens is 573 g/mol. The van der Waals surface area contributed by atoms with E-state index in [1.807, 2.05) is 30.3 Å². The molecule has 0 aliphatic heterocycles. The standard InChI is InChI=1S/C32H36FN3O6S/c1-7-41-29(38)26-20(4)25-27(37)36(32(5,6)30(39)34-19(2)3)31(40)35(28(25)43-26)16-15-22-17-23(33)13-14-24(22)42-18-21-11-9-8-10-12-21/h8-14,17,19H,7,15-16,18H2,1-6H3,(H,34,39). The summed E-state index contributed by atoms with van der Waals surface area (Å²) < 4.78 is 27.9. The zero-order valence-electron chi connectivity index (χ0n) is 25.2. The van der Waals surface area contributed by atoms with Crippen LogP contribution in [0, 0.1) is 12.7 Å². The third-order valence-electron chi connectivity index (χ3n) is 7.07. The number of ether oxygens (including phenoxy) is 2. The van der Waals surface area contributed by atoms with Crippen molar-refractivity contribution in [3.8, 4) is 5.75 Å². The molecule has 0 unspecified atom stereocenters. The van der Waals surface area contributed by atoms with Crippen molar-refractivity contribution in [2.75, 3.05) is 6.61 Å². The number of esters is 1. The summed E-state index contributed by atoms with van der Waals surface area (Å²) in [4.78, 5) is 54.4. The van der Waals surface area contributed by atoms with Crippen molar-refractivity contribution in [3.63, 3.8) is 0 Å². The number of rotatable bonds is 11. The van der Waals surface area contributed by atoms with Gasteiger partial charge in [0.05, 0.1) is 12.0 Å². The fraction of sp³-hybridized carbons (Fsp3) is 0.375. The molecule has 0 spiro atoms.